The van der Waals surface area contributed by atoms with E-state index >= 15 is 0 Å². The van der Waals surface area contributed by atoms with Crippen LogP contribution in [0.3, 0.4) is 0 Å². The van der Waals surface area contributed by atoms with E-state index in [0.717, 1.165) is 22.9 Å². The van der Waals surface area contributed by atoms with Crippen LogP contribution in [0.1, 0.15) is 10.4 Å². The lowest BCUT2D eigenvalue weighted by molar-refractivity contribution is 0.0987. The number of halogens is 1. The molecule has 1 aliphatic heterocycles. The molecule has 1 aliphatic rings. The zero-order valence-corrected chi connectivity index (χ0v) is 12.4. The van der Waals surface area contributed by atoms with Gasteiger partial charge in [-0.25, -0.2) is 4.98 Å². The zero-order valence-electron chi connectivity index (χ0n) is 10.0. The fourth-order valence-electron chi connectivity index (χ4n) is 2.07. The molecule has 0 spiro atoms. The fraction of sp³-hybridized carbons (Fsp3) is 0.143. The summed E-state index contributed by atoms with van der Waals surface area (Å²) in [7, 11) is 0. The van der Waals surface area contributed by atoms with Crippen LogP contribution in [0.25, 0.3) is 0 Å². The quantitative estimate of drug-likeness (QED) is 0.747. The second-order valence-electron chi connectivity index (χ2n) is 4.14. The van der Waals surface area contributed by atoms with Gasteiger partial charge in [0.1, 0.15) is 4.60 Å². The second kappa shape index (κ2) is 5.35. The number of aromatic nitrogens is 1. The Balaban J connectivity index is 1.98. The number of anilines is 1. The maximum atomic E-state index is 12.6. The molecule has 0 saturated carbocycles. The number of fused-ring (bicyclic) bond motifs is 1. The lowest BCUT2D eigenvalue weighted by Gasteiger charge is -2.29. The Morgan fingerprint density at radius 1 is 1.32 bits per heavy atom. The zero-order chi connectivity index (χ0) is 13.2. The van der Waals surface area contributed by atoms with Crippen LogP contribution < -0.4 is 4.90 Å². The number of hydrogen-bond donors (Lipinski definition) is 0. The van der Waals surface area contributed by atoms with E-state index in [1.807, 2.05) is 23.1 Å². The highest BCUT2D eigenvalue weighted by molar-refractivity contribution is 9.10. The maximum absolute atomic E-state index is 12.6. The van der Waals surface area contributed by atoms with Gasteiger partial charge in [-0.3, -0.25) is 4.79 Å². The minimum absolute atomic E-state index is 0.0239. The van der Waals surface area contributed by atoms with Crippen molar-refractivity contribution in [1.82, 2.24) is 4.98 Å². The summed E-state index contributed by atoms with van der Waals surface area (Å²) in [4.78, 5) is 19.6. The Labute approximate surface area is 124 Å². The Morgan fingerprint density at radius 3 is 3.00 bits per heavy atom. The van der Waals surface area contributed by atoms with Crippen molar-refractivity contribution in [2.24, 2.45) is 0 Å². The van der Waals surface area contributed by atoms with Crippen molar-refractivity contribution in [3.63, 3.8) is 0 Å². The average Bonchev–Trinajstić information content (AvgIpc) is 2.46. The summed E-state index contributed by atoms with van der Waals surface area (Å²) in [5.41, 5.74) is 1.65. The highest BCUT2D eigenvalue weighted by atomic mass is 79.9. The third kappa shape index (κ3) is 2.53. The summed E-state index contributed by atoms with van der Waals surface area (Å²) in [6.07, 6.45) is 1.64. The van der Waals surface area contributed by atoms with Gasteiger partial charge in [0.25, 0.3) is 5.91 Å². The molecule has 0 radical (unpaired) electrons. The lowest BCUT2D eigenvalue weighted by atomic mass is 10.2. The van der Waals surface area contributed by atoms with Crippen LogP contribution in [0.2, 0.25) is 0 Å². The number of thioether (sulfide) groups is 1. The molecule has 0 fully saturated rings. The predicted octanol–water partition coefficient (Wildman–Crippen LogP) is 3.60. The predicted molar refractivity (Wildman–Crippen MR) is 80.8 cm³/mol. The first kappa shape index (κ1) is 12.7. The number of para-hydroxylation sites is 1. The number of benzene rings is 1. The first-order chi connectivity index (χ1) is 9.25. The largest absolute Gasteiger partial charge is 0.306 e. The summed E-state index contributed by atoms with van der Waals surface area (Å²) in [5.74, 6) is 0.950. The van der Waals surface area contributed by atoms with Crippen molar-refractivity contribution in [3.8, 4) is 0 Å². The van der Waals surface area contributed by atoms with Gasteiger partial charge >= 0.3 is 0 Å². The van der Waals surface area contributed by atoms with E-state index in [0.29, 0.717) is 10.2 Å². The maximum Gasteiger partial charge on any atom is 0.258 e. The van der Waals surface area contributed by atoms with E-state index in [1.54, 1.807) is 30.1 Å². The van der Waals surface area contributed by atoms with Gasteiger partial charge in [0.2, 0.25) is 0 Å². The minimum atomic E-state index is 0.0239. The lowest BCUT2D eigenvalue weighted by Crippen LogP contribution is -2.35. The minimum Gasteiger partial charge on any atom is -0.306 e. The van der Waals surface area contributed by atoms with Crippen LogP contribution >= 0.6 is 27.7 Å². The number of nitrogens with zero attached hydrogens (tertiary/aromatic N) is 2. The smallest absolute Gasteiger partial charge is 0.258 e. The van der Waals surface area contributed by atoms with Crippen LogP contribution in [0.5, 0.6) is 0 Å². The van der Waals surface area contributed by atoms with Crippen molar-refractivity contribution in [3.05, 3.63) is 52.8 Å². The van der Waals surface area contributed by atoms with Gasteiger partial charge < -0.3 is 4.90 Å². The summed E-state index contributed by atoms with van der Waals surface area (Å²) >= 11 is 5.09. The Hall–Kier alpha value is -1.33. The van der Waals surface area contributed by atoms with E-state index in [9.17, 15) is 4.79 Å². The first-order valence-corrected chi connectivity index (χ1v) is 7.69. The van der Waals surface area contributed by atoms with Crippen molar-refractivity contribution < 1.29 is 4.79 Å². The third-order valence-electron chi connectivity index (χ3n) is 2.95. The molecule has 0 atom stereocenters. The summed E-state index contributed by atoms with van der Waals surface area (Å²) in [6, 6.07) is 11.5. The van der Waals surface area contributed by atoms with Crippen molar-refractivity contribution in [1.29, 1.82) is 0 Å². The van der Waals surface area contributed by atoms with Gasteiger partial charge in [-0.05, 0) is 40.2 Å². The molecule has 0 bridgehead atoms. The molecular formula is C14H11BrN2OS. The summed E-state index contributed by atoms with van der Waals surface area (Å²) in [6.45, 7) is 0.737. The Bertz CT molecular complexity index is 632. The van der Waals surface area contributed by atoms with Gasteiger partial charge in [0, 0.05) is 29.0 Å². The van der Waals surface area contributed by atoms with Gasteiger partial charge in [0.05, 0.1) is 5.69 Å². The number of rotatable bonds is 1. The number of hydrogen-bond acceptors (Lipinski definition) is 3. The topological polar surface area (TPSA) is 33.2 Å². The molecule has 1 aromatic carbocycles. The molecule has 2 aromatic rings. The number of carbonyl (C=O) groups is 1. The van der Waals surface area contributed by atoms with Crippen LogP contribution in [0.15, 0.2) is 52.1 Å². The van der Waals surface area contributed by atoms with Gasteiger partial charge in [-0.1, -0.05) is 12.1 Å². The molecule has 3 rings (SSSR count). The SMILES string of the molecule is O=C(c1ccnc(Br)c1)N1CCSc2ccccc21. The first-order valence-electron chi connectivity index (χ1n) is 5.91. The third-order valence-corrected chi connectivity index (χ3v) is 4.42. The number of amides is 1. The van der Waals surface area contributed by atoms with Crippen molar-refractivity contribution in [2.45, 2.75) is 4.90 Å². The molecule has 96 valence electrons. The van der Waals surface area contributed by atoms with Crippen LogP contribution in [0.4, 0.5) is 5.69 Å². The molecule has 1 aromatic heterocycles. The van der Waals surface area contributed by atoms with E-state index in [2.05, 4.69) is 27.0 Å². The number of pyridine rings is 1. The molecule has 0 unspecified atom stereocenters. The summed E-state index contributed by atoms with van der Waals surface area (Å²) < 4.78 is 0.679. The van der Waals surface area contributed by atoms with Crippen LogP contribution in [-0.2, 0) is 0 Å². The monoisotopic (exact) mass is 334 g/mol. The van der Waals surface area contributed by atoms with Crippen molar-refractivity contribution in [2.75, 3.05) is 17.2 Å². The molecular weight excluding hydrogens is 324 g/mol. The van der Waals surface area contributed by atoms with E-state index in [-0.39, 0.29) is 5.91 Å². The number of carbonyl (C=O) groups excluding carboxylic acids is 1. The molecule has 0 saturated heterocycles. The van der Waals surface area contributed by atoms with E-state index in [4.69, 9.17) is 0 Å². The van der Waals surface area contributed by atoms with Crippen molar-refractivity contribution >= 4 is 39.3 Å². The summed E-state index contributed by atoms with van der Waals surface area (Å²) in [5, 5.41) is 0. The normalized spacial score (nSPS) is 14.1. The van der Waals surface area contributed by atoms with E-state index < -0.39 is 0 Å². The molecule has 2 heterocycles. The van der Waals surface area contributed by atoms with Crippen LogP contribution in [0, 0.1) is 0 Å². The highest BCUT2D eigenvalue weighted by Gasteiger charge is 2.23. The molecule has 1 amide bonds. The van der Waals surface area contributed by atoms with Crippen LogP contribution in [-0.4, -0.2) is 23.2 Å². The molecule has 0 aliphatic carbocycles. The fourth-order valence-corrected chi connectivity index (χ4v) is 3.43. The molecule has 19 heavy (non-hydrogen) atoms. The van der Waals surface area contributed by atoms with Gasteiger partial charge in [-0.2, -0.15) is 0 Å². The van der Waals surface area contributed by atoms with Gasteiger partial charge in [0.15, 0.2) is 0 Å². The molecule has 5 heteroatoms. The molecule has 0 N–H and O–H groups in total. The second-order valence-corrected chi connectivity index (χ2v) is 6.09. The van der Waals surface area contributed by atoms with Gasteiger partial charge in [-0.15, -0.1) is 11.8 Å². The van der Waals surface area contributed by atoms with E-state index in [1.165, 1.54) is 0 Å². The highest BCUT2D eigenvalue weighted by Crippen LogP contribution is 2.35. The Morgan fingerprint density at radius 2 is 2.16 bits per heavy atom. The average molecular weight is 335 g/mol. The standard InChI is InChI=1S/C14H11BrN2OS/c15-13-9-10(5-6-16-13)14(18)17-7-8-19-12-4-2-1-3-11(12)17/h1-6,9H,7-8H2. The molecule has 3 nitrogen and oxygen atoms in total. The Kier molecular flexibility index (Phi) is 3.57.